The van der Waals surface area contributed by atoms with Crippen LogP contribution in [0.2, 0.25) is 0 Å². The summed E-state index contributed by atoms with van der Waals surface area (Å²) in [6.07, 6.45) is 3.97. The van der Waals surface area contributed by atoms with Crippen molar-refractivity contribution in [2.75, 3.05) is 13.1 Å². The first-order valence-corrected chi connectivity index (χ1v) is 5.31. The average molecular weight is 209 g/mol. The number of urea groups is 1. The third-order valence-corrected chi connectivity index (χ3v) is 2.39. The minimum Gasteiger partial charge on any atom is -0.357 e. The van der Waals surface area contributed by atoms with E-state index in [2.05, 4.69) is 5.32 Å². The number of aromatic nitrogens is 1. The van der Waals surface area contributed by atoms with Crippen LogP contribution in [0.25, 0.3) is 0 Å². The summed E-state index contributed by atoms with van der Waals surface area (Å²) < 4.78 is 1.97. The fourth-order valence-corrected chi connectivity index (χ4v) is 1.47. The highest BCUT2D eigenvalue weighted by Gasteiger charge is 2.07. The molecular weight excluding hydrogens is 190 g/mol. The molecule has 1 heterocycles. The number of hydrogen-bond acceptors (Lipinski definition) is 1. The number of nitrogens with zero attached hydrogens (tertiary/aromatic N) is 2. The Kier molecular flexibility index (Phi) is 4.21. The minimum atomic E-state index is 0.00357. The summed E-state index contributed by atoms with van der Waals surface area (Å²) in [5.74, 6) is 0. The summed E-state index contributed by atoms with van der Waals surface area (Å²) in [6.45, 7) is 6.04. The zero-order valence-electron chi connectivity index (χ0n) is 9.66. The highest BCUT2D eigenvalue weighted by molar-refractivity contribution is 5.74. The van der Waals surface area contributed by atoms with Crippen molar-refractivity contribution in [3.05, 3.63) is 24.0 Å². The molecule has 0 saturated carbocycles. The second-order valence-electron chi connectivity index (χ2n) is 3.52. The van der Waals surface area contributed by atoms with Gasteiger partial charge in [0.15, 0.2) is 0 Å². The molecule has 1 aromatic heterocycles. The zero-order valence-corrected chi connectivity index (χ0v) is 9.66. The van der Waals surface area contributed by atoms with Crippen LogP contribution in [-0.2, 0) is 13.6 Å². The van der Waals surface area contributed by atoms with E-state index in [1.165, 1.54) is 0 Å². The Balaban J connectivity index is 2.40. The quantitative estimate of drug-likeness (QED) is 0.803. The van der Waals surface area contributed by atoms with Crippen molar-refractivity contribution in [1.29, 1.82) is 0 Å². The molecule has 0 spiro atoms. The highest BCUT2D eigenvalue weighted by Crippen LogP contribution is 1.99. The van der Waals surface area contributed by atoms with E-state index in [4.69, 9.17) is 0 Å². The maximum atomic E-state index is 11.6. The van der Waals surface area contributed by atoms with Gasteiger partial charge in [-0.15, -0.1) is 0 Å². The summed E-state index contributed by atoms with van der Waals surface area (Å²) in [6, 6.07) is 2.01. The van der Waals surface area contributed by atoms with Crippen molar-refractivity contribution >= 4 is 6.03 Å². The zero-order chi connectivity index (χ0) is 11.3. The average Bonchev–Trinajstić information content (AvgIpc) is 2.63. The molecule has 0 aliphatic heterocycles. The second kappa shape index (κ2) is 5.44. The van der Waals surface area contributed by atoms with Gasteiger partial charge >= 0.3 is 6.03 Å². The van der Waals surface area contributed by atoms with E-state index in [9.17, 15) is 4.79 Å². The van der Waals surface area contributed by atoms with Crippen LogP contribution >= 0.6 is 0 Å². The summed E-state index contributed by atoms with van der Waals surface area (Å²) in [5, 5.41) is 2.89. The Hall–Kier alpha value is -1.45. The minimum absolute atomic E-state index is 0.00357. The number of rotatable bonds is 4. The standard InChI is InChI=1S/C11H19N3O/c1-4-14(5-2)11(15)12-8-10-6-7-13(3)9-10/h6-7,9H,4-5,8H2,1-3H3,(H,12,15). The predicted octanol–water partition coefficient (Wildman–Crippen LogP) is 1.58. The van der Waals surface area contributed by atoms with Crippen molar-refractivity contribution < 1.29 is 4.79 Å². The van der Waals surface area contributed by atoms with Crippen molar-refractivity contribution in [2.45, 2.75) is 20.4 Å². The van der Waals surface area contributed by atoms with Crippen LogP contribution in [0.1, 0.15) is 19.4 Å². The van der Waals surface area contributed by atoms with Crippen LogP contribution in [0.3, 0.4) is 0 Å². The van der Waals surface area contributed by atoms with Gasteiger partial charge in [0.25, 0.3) is 0 Å². The van der Waals surface area contributed by atoms with Crippen LogP contribution in [0.15, 0.2) is 18.5 Å². The molecule has 1 rings (SSSR count). The molecule has 0 aromatic carbocycles. The number of amides is 2. The lowest BCUT2D eigenvalue weighted by Crippen LogP contribution is -2.39. The van der Waals surface area contributed by atoms with Gasteiger partial charge < -0.3 is 14.8 Å². The lowest BCUT2D eigenvalue weighted by atomic mass is 10.3. The first kappa shape index (κ1) is 11.6. The van der Waals surface area contributed by atoms with E-state index in [-0.39, 0.29) is 6.03 Å². The van der Waals surface area contributed by atoms with Crippen LogP contribution in [-0.4, -0.2) is 28.6 Å². The van der Waals surface area contributed by atoms with E-state index in [1.54, 1.807) is 4.90 Å². The van der Waals surface area contributed by atoms with Gasteiger partial charge in [0.05, 0.1) is 0 Å². The molecule has 84 valence electrons. The molecule has 15 heavy (non-hydrogen) atoms. The molecular formula is C11H19N3O. The van der Waals surface area contributed by atoms with E-state index < -0.39 is 0 Å². The van der Waals surface area contributed by atoms with E-state index >= 15 is 0 Å². The molecule has 0 atom stereocenters. The molecule has 1 aromatic rings. The van der Waals surface area contributed by atoms with Gasteiger partial charge in [-0.1, -0.05) is 0 Å². The summed E-state index contributed by atoms with van der Waals surface area (Å²) >= 11 is 0. The molecule has 0 unspecified atom stereocenters. The molecule has 0 aliphatic carbocycles. The first-order chi connectivity index (χ1) is 7.17. The van der Waals surface area contributed by atoms with Gasteiger partial charge in [-0.3, -0.25) is 0 Å². The van der Waals surface area contributed by atoms with Crippen LogP contribution < -0.4 is 5.32 Å². The van der Waals surface area contributed by atoms with E-state index in [0.717, 1.165) is 18.7 Å². The monoisotopic (exact) mass is 209 g/mol. The van der Waals surface area contributed by atoms with Crippen molar-refractivity contribution in [2.24, 2.45) is 7.05 Å². The lowest BCUT2D eigenvalue weighted by molar-refractivity contribution is 0.203. The van der Waals surface area contributed by atoms with Gasteiger partial charge in [0.2, 0.25) is 0 Å². The maximum Gasteiger partial charge on any atom is 0.317 e. The van der Waals surface area contributed by atoms with Crippen LogP contribution in [0.5, 0.6) is 0 Å². The molecule has 1 N–H and O–H groups in total. The predicted molar refractivity (Wildman–Crippen MR) is 60.6 cm³/mol. The first-order valence-electron chi connectivity index (χ1n) is 5.31. The molecule has 2 amide bonds. The van der Waals surface area contributed by atoms with E-state index in [0.29, 0.717) is 6.54 Å². The normalized spacial score (nSPS) is 10.1. The van der Waals surface area contributed by atoms with Crippen molar-refractivity contribution in [1.82, 2.24) is 14.8 Å². The Labute approximate surface area is 90.9 Å². The maximum absolute atomic E-state index is 11.6. The summed E-state index contributed by atoms with van der Waals surface area (Å²) in [5.41, 5.74) is 1.12. The fraction of sp³-hybridized carbons (Fsp3) is 0.545. The SMILES string of the molecule is CCN(CC)C(=O)NCc1ccn(C)c1. The number of aryl methyl sites for hydroxylation is 1. The lowest BCUT2D eigenvalue weighted by Gasteiger charge is -2.18. The van der Waals surface area contributed by atoms with Gasteiger partial charge in [0.1, 0.15) is 0 Å². The van der Waals surface area contributed by atoms with Crippen LogP contribution in [0.4, 0.5) is 4.79 Å². The molecule has 0 saturated heterocycles. The Bertz CT molecular complexity index is 315. The van der Waals surface area contributed by atoms with Gasteiger partial charge in [-0.25, -0.2) is 4.79 Å². The molecule has 4 nitrogen and oxygen atoms in total. The largest absolute Gasteiger partial charge is 0.357 e. The number of carbonyl (C=O) groups is 1. The fourth-order valence-electron chi connectivity index (χ4n) is 1.47. The number of hydrogen-bond donors (Lipinski definition) is 1. The van der Waals surface area contributed by atoms with Gasteiger partial charge in [-0.05, 0) is 25.5 Å². The number of carbonyl (C=O) groups excluding carboxylic acids is 1. The Morgan fingerprint density at radius 2 is 2.13 bits per heavy atom. The van der Waals surface area contributed by atoms with Crippen LogP contribution in [0, 0.1) is 0 Å². The highest BCUT2D eigenvalue weighted by atomic mass is 16.2. The summed E-state index contributed by atoms with van der Waals surface area (Å²) in [4.78, 5) is 13.4. The Morgan fingerprint density at radius 1 is 1.47 bits per heavy atom. The molecule has 0 fully saturated rings. The second-order valence-corrected chi connectivity index (χ2v) is 3.52. The van der Waals surface area contributed by atoms with Gasteiger partial charge in [0, 0.05) is 39.1 Å². The topological polar surface area (TPSA) is 37.3 Å². The smallest absolute Gasteiger partial charge is 0.317 e. The third-order valence-electron chi connectivity index (χ3n) is 2.39. The Morgan fingerprint density at radius 3 is 2.60 bits per heavy atom. The van der Waals surface area contributed by atoms with E-state index in [1.807, 2.05) is 43.9 Å². The molecule has 0 radical (unpaired) electrons. The summed E-state index contributed by atoms with van der Waals surface area (Å²) in [7, 11) is 1.97. The molecule has 0 aliphatic rings. The third kappa shape index (κ3) is 3.31. The number of nitrogens with one attached hydrogen (secondary N) is 1. The van der Waals surface area contributed by atoms with Crippen molar-refractivity contribution in [3.8, 4) is 0 Å². The molecule has 4 heteroatoms. The molecule has 0 bridgehead atoms. The van der Waals surface area contributed by atoms with Crippen molar-refractivity contribution in [3.63, 3.8) is 0 Å². The van der Waals surface area contributed by atoms with Gasteiger partial charge in [-0.2, -0.15) is 0 Å².